The highest BCUT2D eigenvalue weighted by molar-refractivity contribution is 6.17. The molecule has 0 saturated carbocycles. The number of carbonyl (C=O) groups is 1. The molecule has 2 N–H and O–H groups in total. The molecule has 0 fully saturated rings. The quantitative estimate of drug-likeness (QED) is 0.728. The van der Waals surface area contributed by atoms with E-state index in [1.54, 1.807) is 6.34 Å². The standard InChI is InChI=1S/C21H15N3O/c25-21-15-9-5-4-8-14(15)20-18-16(22-12-23-20)10-11-17(19(18)21)24-13-6-2-1-3-7-13/h1-12,20,24H,(H,22,23). The Hall–Kier alpha value is -3.40. The fourth-order valence-electron chi connectivity index (χ4n) is 3.62. The van der Waals surface area contributed by atoms with Crippen LogP contribution in [0.4, 0.5) is 17.1 Å². The molecule has 4 nitrogen and oxygen atoms in total. The molecule has 0 amide bonds. The van der Waals surface area contributed by atoms with Crippen LogP contribution in [-0.4, -0.2) is 12.1 Å². The Morgan fingerprint density at radius 2 is 1.72 bits per heavy atom. The smallest absolute Gasteiger partial charge is 0.195 e. The van der Waals surface area contributed by atoms with E-state index in [1.807, 2.05) is 66.7 Å². The van der Waals surface area contributed by atoms with E-state index in [-0.39, 0.29) is 11.8 Å². The SMILES string of the molecule is O=C1c2ccccc2C2N=CNc3ccc(Nc4ccccc4)c1c32. The van der Waals surface area contributed by atoms with Crippen LogP contribution < -0.4 is 10.6 Å². The van der Waals surface area contributed by atoms with Crippen LogP contribution in [0.25, 0.3) is 0 Å². The number of hydrogen-bond acceptors (Lipinski definition) is 4. The Balaban J connectivity index is 1.73. The zero-order valence-electron chi connectivity index (χ0n) is 13.4. The molecule has 2 aliphatic rings. The maximum absolute atomic E-state index is 13.2. The van der Waals surface area contributed by atoms with Gasteiger partial charge in [0.15, 0.2) is 5.78 Å². The van der Waals surface area contributed by atoms with E-state index in [2.05, 4.69) is 15.6 Å². The molecule has 3 aromatic rings. The van der Waals surface area contributed by atoms with Crippen molar-refractivity contribution in [2.24, 2.45) is 4.99 Å². The first-order valence-electron chi connectivity index (χ1n) is 8.24. The Bertz CT molecular complexity index is 1020. The predicted octanol–water partition coefficient (Wildman–Crippen LogP) is 4.52. The average Bonchev–Trinajstić information content (AvgIpc) is 2.67. The lowest BCUT2D eigenvalue weighted by atomic mass is 9.79. The average molecular weight is 325 g/mol. The number of ketones is 1. The fourth-order valence-corrected chi connectivity index (χ4v) is 3.62. The van der Waals surface area contributed by atoms with Gasteiger partial charge in [0.05, 0.1) is 17.6 Å². The van der Waals surface area contributed by atoms with E-state index in [0.717, 1.165) is 33.8 Å². The van der Waals surface area contributed by atoms with Crippen molar-refractivity contribution in [3.8, 4) is 0 Å². The number of aliphatic imine (C=N–C) groups is 1. The number of nitrogens with zero attached hydrogens (tertiary/aromatic N) is 1. The lowest BCUT2D eigenvalue weighted by Crippen LogP contribution is -2.24. The van der Waals surface area contributed by atoms with Crippen molar-refractivity contribution >= 4 is 29.2 Å². The van der Waals surface area contributed by atoms with E-state index in [9.17, 15) is 4.79 Å². The summed E-state index contributed by atoms with van der Waals surface area (Å²) in [6, 6.07) is 21.4. The number of hydrogen-bond donors (Lipinski definition) is 2. The minimum Gasteiger partial charge on any atom is -0.355 e. The summed E-state index contributed by atoms with van der Waals surface area (Å²) < 4.78 is 0. The summed E-state index contributed by atoms with van der Waals surface area (Å²) in [5, 5.41) is 6.56. The molecule has 1 unspecified atom stereocenters. The third-order valence-electron chi connectivity index (χ3n) is 4.74. The van der Waals surface area contributed by atoms with Gasteiger partial charge in [-0.3, -0.25) is 9.79 Å². The summed E-state index contributed by atoms with van der Waals surface area (Å²) in [6.07, 6.45) is 1.72. The molecule has 0 aromatic heterocycles. The first-order valence-corrected chi connectivity index (χ1v) is 8.24. The maximum atomic E-state index is 13.2. The van der Waals surface area contributed by atoms with E-state index < -0.39 is 0 Å². The molecule has 0 radical (unpaired) electrons. The molecule has 0 spiro atoms. The van der Waals surface area contributed by atoms with Crippen molar-refractivity contribution in [3.63, 3.8) is 0 Å². The molecule has 4 heteroatoms. The Kier molecular flexibility index (Phi) is 2.97. The van der Waals surface area contributed by atoms with Crippen molar-refractivity contribution < 1.29 is 4.79 Å². The zero-order valence-corrected chi connectivity index (χ0v) is 13.4. The van der Waals surface area contributed by atoms with Crippen LogP contribution in [0.5, 0.6) is 0 Å². The van der Waals surface area contributed by atoms with Crippen LogP contribution in [0.2, 0.25) is 0 Å². The number of carbonyl (C=O) groups excluding carboxylic acids is 1. The highest BCUT2D eigenvalue weighted by Gasteiger charge is 2.35. The van der Waals surface area contributed by atoms with Gasteiger partial charge in [0.25, 0.3) is 0 Å². The molecule has 1 aliphatic heterocycles. The number of para-hydroxylation sites is 1. The second-order valence-electron chi connectivity index (χ2n) is 6.18. The third kappa shape index (κ3) is 2.08. The van der Waals surface area contributed by atoms with E-state index in [4.69, 9.17) is 0 Å². The van der Waals surface area contributed by atoms with E-state index >= 15 is 0 Å². The van der Waals surface area contributed by atoms with E-state index in [0.29, 0.717) is 5.56 Å². The lowest BCUT2D eigenvalue weighted by Gasteiger charge is -2.31. The van der Waals surface area contributed by atoms with Crippen molar-refractivity contribution in [1.82, 2.24) is 0 Å². The van der Waals surface area contributed by atoms with Crippen molar-refractivity contribution in [3.05, 3.63) is 89.0 Å². The molecule has 1 aliphatic carbocycles. The van der Waals surface area contributed by atoms with Crippen LogP contribution >= 0.6 is 0 Å². The molecule has 5 rings (SSSR count). The molecule has 25 heavy (non-hydrogen) atoms. The van der Waals surface area contributed by atoms with Gasteiger partial charge in [-0.05, 0) is 29.8 Å². The van der Waals surface area contributed by atoms with Gasteiger partial charge >= 0.3 is 0 Å². The summed E-state index contributed by atoms with van der Waals surface area (Å²) in [6.45, 7) is 0. The minimum absolute atomic E-state index is 0.0426. The lowest BCUT2D eigenvalue weighted by molar-refractivity contribution is 0.103. The van der Waals surface area contributed by atoms with Crippen LogP contribution in [0.3, 0.4) is 0 Å². The van der Waals surface area contributed by atoms with Gasteiger partial charge in [-0.1, -0.05) is 42.5 Å². The van der Waals surface area contributed by atoms with Gasteiger partial charge in [0.2, 0.25) is 0 Å². The summed E-state index contributed by atoms with van der Waals surface area (Å²) in [5.74, 6) is 0.0426. The number of anilines is 3. The zero-order chi connectivity index (χ0) is 16.8. The maximum Gasteiger partial charge on any atom is 0.195 e. The predicted molar refractivity (Wildman–Crippen MR) is 100.0 cm³/mol. The Morgan fingerprint density at radius 3 is 2.60 bits per heavy atom. The Morgan fingerprint density at radius 1 is 0.920 bits per heavy atom. The van der Waals surface area contributed by atoms with Crippen LogP contribution in [0.15, 0.2) is 71.7 Å². The second-order valence-corrected chi connectivity index (χ2v) is 6.18. The monoisotopic (exact) mass is 325 g/mol. The van der Waals surface area contributed by atoms with Crippen molar-refractivity contribution in [1.29, 1.82) is 0 Å². The molecule has 0 saturated heterocycles. The largest absolute Gasteiger partial charge is 0.355 e. The highest BCUT2D eigenvalue weighted by Crippen LogP contribution is 2.45. The first-order chi connectivity index (χ1) is 12.3. The molecule has 1 atom stereocenters. The van der Waals surface area contributed by atoms with Gasteiger partial charge in [0.1, 0.15) is 6.04 Å². The molecule has 1 heterocycles. The van der Waals surface area contributed by atoms with Crippen LogP contribution in [0, 0.1) is 0 Å². The molecular weight excluding hydrogens is 310 g/mol. The van der Waals surface area contributed by atoms with Gasteiger partial charge in [-0.15, -0.1) is 0 Å². The summed E-state index contributed by atoms with van der Waals surface area (Å²) in [4.78, 5) is 17.8. The number of rotatable bonds is 2. The number of fused-ring (bicyclic) bond motifs is 2. The van der Waals surface area contributed by atoms with Gasteiger partial charge in [-0.2, -0.15) is 0 Å². The molecule has 3 aromatic carbocycles. The topological polar surface area (TPSA) is 53.5 Å². The van der Waals surface area contributed by atoms with Crippen molar-refractivity contribution in [2.45, 2.75) is 6.04 Å². The van der Waals surface area contributed by atoms with Gasteiger partial charge < -0.3 is 10.6 Å². The van der Waals surface area contributed by atoms with E-state index in [1.165, 1.54) is 0 Å². The summed E-state index contributed by atoms with van der Waals surface area (Å²) >= 11 is 0. The van der Waals surface area contributed by atoms with Crippen LogP contribution in [0.1, 0.15) is 33.1 Å². The molecular formula is C21H15N3O. The van der Waals surface area contributed by atoms with Crippen LogP contribution in [-0.2, 0) is 0 Å². The highest BCUT2D eigenvalue weighted by atomic mass is 16.1. The fraction of sp³-hybridized carbons (Fsp3) is 0.0476. The number of benzene rings is 3. The molecule has 120 valence electrons. The minimum atomic E-state index is -0.141. The number of nitrogens with one attached hydrogen (secondary N) is 2. The summed E-state index contributed by atoms with van der Waals surface area (Å²) in [7, 11) is 0. The van der Waals surface area contributed by atoms with Gasteiger partial charge in [-0.25, -0.2) is 0 Å². The first kappa shape index (κ1) is 14.0. The second kappa shape index (κ2) is 5.31. The summed E-state index contributed by atoms with van der Waals surface area (Å²) in [5.41, 5.74) is 6.06. The normalized spacial score (nSPS) is 16.6. The third-order valence-corrected chi connectivity index (χ3v) is 4.74. The molecule has 0 bridgehead atoms. The van der Waals surface area contributed by atoms with Crippen molar-refractivity contribution in [2.75, 3.05) is 10.6 Å². The Labute approximate surface area is 145 Å². The van der Waals surface area contributed by atoms with Gasteiger partial charge in [0, 0.05) is 22.5 Å².